The first-order valence-electron chi connectivity index (χ1n) is 6.17. The molecule has 0 saturated heterocycles. The van der Waals surface area contributed by atoms with Crippen molar-refractivity contribution in [3.05, 3.63) is 0 Å². The molecule has 0 aromatic heterocycles. The minimum absolute atomic E-state index is 0.211. The van der Waals surface area contributed by atoms with Crippen molar-refractivity contribution < 1.29 is 14.7 Å². The van der Waals surface area contributed by atoms with E-state index in [1.807, 2.05) is 20.8 Å². The van der Waals surface area contributed by atoms with Crippen molar-refractivity contribution in [2.75, 3.05) is 0 Å². The summed E-state index contributed by atoms with van der Waals surface area (Å²) in [5.41, 5.74) is 5.68. The number of nitrogens with two attached hydrogens (primary N) is 1. The molecule has 0 radical (unpaired) electrons. The van der Waals surface area contributed by atoms with Gasteiger partial charge >= 0.3 is 5.97 Å². The molecule has 1 amide bonds. The second-order valence-corrected chi connectivity index (χ2v) is 4.78. The van der Waals surface area contributed by atoms with Crippen molar-refractivity contribution in [2.24, 2.45) is 11.7 Å². The second-order valence-electron chi connectivity index (χ2n) is 4.78. The Morgan fingerprint density at radius 3 is 2.35 bits per heavy atom. The van der Waals surface area contributed by atoms with Crippen LogP contribution in [0, 0.1) is 5.92 Å². The average molecular weight is 244 g/mol. The number of unbranched alkanes of at least 4 members (excludes halogenated alkanes) is 1. The molecule has 2 atom stereocenters. The van der Waals surface area contributed by atoms with Crippen molar-refractivity contribution in [3.8, 4) is 0 Å². The van der Waals surface area contributed by atoms with Gasteiger partial charge in [0.1, 0.15) is 6.04 Å². The molecule has 5 nitrogen and oxygen atoms in total. The fourth-order valence-electron chi connectivity index (χ4n) is 1.53. The first kappa shape index (κ1) is 15.9. The molecule has 17 heavy (non-hydrogen) atoms. The summed E-state index contributed by atoms with van der Waals surface area (Å²) in [7, 11) is 0. The summed E-state index contributed by atoms with van der Waals surface area (Å²) in [6.45, 7) is 5.85. The molecule has 0 aromatic carbocycles. The maximum atomic E-state index is 11.6. The highest BCUT2D eigenvalue weighted by atomic mass is 16.4. The van der Waals surface area contributed by atoms with E-state index in [0.29, 0.717) is 12.8 Å². The lowest BCUT2D eigenvalue weighted by atomic mass is 10.0. The summed E-state index contributed by atoms with van der Waals surface area (Å²) in [4.78, 5) is 22.6. The monoisotopic (exact) mass is 244 g/mol. The Bertz CT molecular complexity index is 254. The Kier molecular flexibility index (Phi) is 7.54. The molecule has 0 aliphatic heterocycles. The molecule has 0 aliphatic carbocycles. The van der Waals surface area contributed by atoms with Gasteiger partial charge in [-0.15, -0.1) is 0 Å². The standard InChI is InChI=1S/C12H24N2O3/c1-4-5-6-9(13)11(15)14-10(12(16)17)7-8(2)3/h8-10H,4-7,13H2,1-3H3,(H,14,15)(H,16,17)/t9-,10-/m0/s1. The van der Waals surface area contributed by atoms with Gasteiger partial charge < -0.3 is 16.2 Å². The van der Waals surface area contributed by atoms with E-state index in [1.165, 1.54) is 0 Å². The van der Waals surface area contributed by atoms with Crippen molar-refractivity contribution in [3.63, 3.8) is 0 Å². The molecule has 4 N–H and O–H groups in total. The van der Waals surface area contributed by atoms with Crippen molar-refractivity contribution in [1.82, 2.24) is 5.32 Å². The van der Waals surface area contributed by atoms with E-state index in [0.717, 1.165) is 12.8 Å². The van der Waals surface area contributed by atoms with Crippen LogP contribution in [0.2, 0.25) is 0 Å². The maximum Gasteiger partial charge on any atom is 0.326 e. The quantitative estimate of drug-likeness (QED) is 0.596. The van der Waals surface area contributed by atoms with Crippen LogP contribution in [0.1, 0.15) is 46.5 Å². The van der Waals surface area contributed by atoms with E-state index in [1.54, 1.807) is 0 Å². The number of carboxylic acids is 1. The number of carboxylic acid groups (broad SMARTS) is 1. The predicted octanol–water partition coefficient (Wildman–Crippen LogP) is 1.12. The third-order valence-electron chi connectivity index (χ3n) is 2.53. The van der Waals surface area contributed by atoms with Gasteiger partial charge in [0.25, 0.3) is 0 Å². The minimum Gasteiger partial charge on any atom is -0.480 e. The molecule has 0 aromatic rings. The number of hydrogen-bond donors (Lipinski definition) is 3. The molecule has 5 heteroatoms. The predicted molar refractivity (Wildman–Crippen MR) is 66.5 cm³/mol. The Morgan fingerprint density at radius 2 is 1.94 bits per heavy atom. The first-order valence-corrected chi connectivity index (χ1v) is 6.17. The summed E-state index contributed by atoms with van der Waals surface area (Å²) >= 11 is 0. The maximum absolute atomic E-state index is 11.6. The summed E-state index contributed by atoms with van der Waals surface area (Å²) < 4.78 is 0. The van der Waals surface area contributed by atoms with Crippen molar-refractivity contribution >= 4 is 11.9 Å². The number of carbonyl (C=O) groups is 2. The molecule has 0 bridgehead atoms. The van der Waals surface area contributed by atoms with Crippen LogP contribution in [0.4, 0.5) is 0 Å². The lowest BCUT2D eigenvalue weighted by molar-refractivity contribution is -0.142. The Morgan fingerprint density at radius 1 is 1.35 bits per heavy atom. The van der Waals surface area contributed by atoms with Crippen LogP contribution < -0.4 is 11.1 Å². The van der Waals surface area contributed by atoms with Crippen LogP contribution >= 0.6 is 0 Å². The lowest BCUT2D eigenvalue weighted by Gasteiger charge is -2.19. The molecular weight excluding hydrogens is 220 g/mol. The first-order chi connectivity index (χ1) is 7.88. The highest BCUT2D eigenvalue weighted by Gasteiger charge is 2.23. The van der Waals surface area contributed by atoms with Crippen LogP contribution in [0.3, 0.4) is 0 Å². The Hall–Kier alpha value is -1.10. The number of carbonyl (C=O) groups excluding carboxylic acids is 1. The second kappa shape index (κ2) is 8.06. The third kappa shape index (κ3) is 6.94. The van der Waals surface area contributed by atoms with Crippen LogP contribution in [0.15, 0.2) is 0 Å². The minimum atomic E-state index is -1.00. The fourth-order valence-corrected chi connectivity index (χ4v) is 1.53. The number of amides is 1. The smallest absolute Gasteiger partial charge is 0.326 e. The van der Waals surface area contributed by atoms with Crippen LogP contribution in [-0.2, 0) is 9.59 Å². The number of hydrogen-bond acceptors (Lipinski definition) is 3. The zero-order valence-electron chi connectivity index (χ0n) is 10.9. The van der Waals surface area contributed by atoms with Gasteiger partial charge in [-0.3, -0.25) is 4.79 Å². The summed E-state index contributed by atoms with van der Waals surface area (Å²) in [5.74, 6) is -1.16. The lowest BCUT2D eigenvalue weighted by Crippen LogP contribution is -2.48. The molecule has 0 unspecified atom stereocenters. The van der Waals surface area contributed by atoms with E-state index >= 15 is 0 Å². The van der Waals surface area contributed by atoms with Crippen molar-refractivity contribution in [1.29, 1.82) is 0 Å². The third-order valence-corrected chi connectivity index (χ3v) is 2.53. The van der Waals surface area contributed by atoms with Crippen LogP contribution in [0.5, 0.6) is 0 Å². The summed E-state index contributed by atoms with van der Waals surface area (Å²) in [5, 5.41) is 11.5. The molecule has 0 aliphatic rings. The number of rotatable bonds is 8. The normalized spacial score (nSPS) is 14.4. The van der Waals surface area contributed by atoms with Crippen molar-refractivity contribution in [2.45, 2.75) is 58.5 Å². The van der Waals surface area contributed by atoms with E-state index in [2.05, 4.69) is 5.32 Å². The molecule has 100 valence electrons. The van der Waals surface area contributed by atoms with Gasteiger partial charge in [-0.25, -0.2) is 4.79 Å². The van der Waals surface area contributed by atoms with E-state index < -0.39 is 18.1 Å². The Labute approximate surface area is 103 Å². The van der Waals surface area contributed by atoms with Crippen LogP contribution in [0.25, 0.3) is 0 Å². The Balaban J connectivity index is 4.25. The molecule has 0 rings (SSSR count). The molecule has 0 heterocycles. The van der Waals surface area contributed by atoms with Crippen LogP contribution in [-0.4, -0.2) is 29.1 Å². The average Bonchev–Trinajstić information content (AvgIpc) is 2.23. The van der Waals surface area contributed by atoms with Gasteiger partial charge in [-0.1, -0.05) is 33.6 Å². The summed E-state index contributed by atoms with van der Waals surface area (Å²) in [6.07, 6.45) is 2.85. The van der Waals surface area contributed by atoms with E-state index in [-0.39, 0.29) is 11.8 Å². The van der Waals surface area contributed by atoms with Gasteiger partial charge in [0.05, 0.1) is 6.04 Å². The summed E-state index contributed by atoms with van der Waals surface area (Å²) in [6, 6.07) is -1.45. The van der Waals surface area contributed by atoms with Gasteiger partial charge in [-0.05, 0) is 18.8 Å². The highest BCUT2D eigenvalue weighted by Crippen LogP contribution is 2.06. The highest BCUT2D eigenvalue weighted by molar-refractivity contribution is 5.86. The molecule has 0 spiro atoms. The van der Waals surface area contributed by atoms with Gasteiger partial charge in [0, 0.05) is 0 Å². The fraction of sp³-hybridized carbons (Fsp3) is 0.833. The van der Waals surface area contributed by atoms with E-state index in [4.69, 9.17) is 10.8 Å². The molecule has 0 saturated carbocycles. The van der Waals surface area contributed by atoms with Gasteiger partial charge in [0.15, 0.2) is 0 Å². The topological polar surface area (TPSA) is 92.4 Å². The van der Waals surface area contributed by atoms with Gasteiger partial charge in [0.2, 0.25) is 5.91 Å². The van der Waals surface area contributed by atoms with E-state index in [9.17, 15) is 9.59 Å². The number of nitrogens with one attached hydrogen (secondary N) is 1. The molecular formula is C12H24N2O3. The largest absolute Gasteiger partial charge is 0.480 e. The molecule has 0 fully saturated rings. The number of aliphatic carboxylic acids is 1. The zero-order chi connectivity index (χ0) is 13.4. The van der Waals surface area contributed by atoms with Gasteiger partial charge in [-0.2, -0.15) is 0 Å². The SMILES string of the molecule is CCCC[C@H](N)C(=O)N[C@@H](CC(C)C)C(=O)O. The zero-order valence-corrected chi connectivity index (χ0v) is 10.9.